The third kappa shape index (κ3) is 5.29. The summed E-state index contributed by atoms with van der Waals surface area (Å²) in [6.07, 6.45) is 2.77. The van der Waals surface area contributed by atoms with Crippen LogP contribution in [-0.4, -0.2) is 35.1 Å². The number of benzene rings is 2. The number of halogens is 2. The summed E-state index contributed by atoms with van der Waals surface area (Å²) in [7, 11) is 2.91. The summed E-state index contributed by atoms with van der Waals surface area (Å²) in [6, 6.07) is 11.0. The van der Waals surface area contributed by atoms with E-state index in [9.17, 15) is 14.0 Å². The predicted octanol–water partition coefficient (Wildman–Crippen LogP) is 5.94. The van der Waals surface area contributed by atoms with Gasteiger partial charge in [0, 0.05) is 47.5 Å². The van der Waals surface area contributed by atoms with Gasteiger partial charge in [-0.3, -0.25) is 14.6 Å². The average Bonchev–Trinajstić information content (AvgIpc) is 2.94. The Morgan fingerprint density at radius 1 is 0.951 bits per heavy atom. The second-order valence-corrected chi connectivity index (χ2v) is 9.07. The van der Waals surface area contributed by atoms with Gasteiger partial charge < -0.3 is 24.5 Å². The van der Waals surface area contributed by atoms with Crippen molar-refractivity contribution < 1.29 is 27.8 Å². The van der Waals surface area contributed by atoms with Crippen molar-refractivity contribution in [2.45, 2.75) is 13.8 Å². The first-order chi connectivity index (χ1) is 19.7. The lowest BCUT2D eigenvalue weighted by Crippen LogP contribution is -2.24. The van der Waals surface area contributed by atoms with E-state index in [2.05, 4.69) is 20.3 Å². The zero-order valence-corrected chi connectivity index (χ0v) is 22.5. The van der Waals surface area contributed by atoms with Gasteiger partial charge in [0.05, 0.1) is 19.7 Å². The highest BCUT2D eigenvalue weighted by molar-refractivity contribution is 6.04. The number of nitrogens with zero attached hydrogens (tertiary/aromatic N) is 2. The Morgan fingerprint density at radius 2 is 1.76 bits per heavy atom. The van der Waals surface area contributed by atoms with E-state index in [1.807, 2.05) is 0 Å². The number of carbonyl (C=O) groups is 1. The smallest absolute Gasteiger partial charge is 0.261 e. The molecule has 208 valence electrons. The fourth-order valence-corrected chi connectivity index (χ4v) is 4.39. The lowest BCUT2D eigenvalue weighted by molar-refractivity contribution is 0.102. The molecule has 3 heterocycles. The third-order valence-corrected chi connectivity index (χ3v) is 6.41. The molecule has 0 saturated carbocycles. The van der Waals surface area contributed by atoms with Crippen molar-refractivity contribution in [3.63, 3.8) is 0 Å². The Morgan fingerprint density at radius 3 is 2.46 bits per heavy atom. The molecule has 0 radical (unpaired) electrons. The predicted molar refractivity (Wildman–Crippen MR) is 149 cm³/mol. The maximum absolute atomic E-state index is 15.1. The summed E-state index contributed by atoms with van der Waals surface area (Å²) >= 11 is 0. The lowest BCUT2D eigenvalue weighted by atomic mass is 9.97. The van der Waals surface area contributed by atoms with Crippen LogP contribution in [0.3, 0.4) is 0 Å². The van der Waals surface area contributed by atoms with Crippen LogP contribution in [0.25, 0.3) is 22.2 Å². The van der Waals surface area contributed by atoms with Crippen molar-refractivity contribution >= 4 is 22.6 Å². The number of pyridine rings is 3. The molecule has 0 spiro atoms. The Labute approximate surface area is 232 Å². The number of aryl methyl sites for hydroxylation is 2. The number of rotatable bonds is 7. The Balaban J connectivity index is 1.41. The zero-order valence-electron chi connectivity index (χ0n) is 22.5. The first kappa shape index (κ1) is 27.3. The number of anilines is 1. The molecular weight excluding hydrogens is 534 g/mol. The van der Waals surface area contributed by atoms with Gasteiger partial charge in [-0.1, -0.05) is 6.07 Å². The van der Waals surface area contributed by atoms with E-state index in [4.69, 9.17) is 14.2 Å². The van der Waals surface area contributed by atoms with Gasteiger partial charge in [0.2, 0.25) is 5.43 Å². The van der Waals surface area contributed by atoms with Gasteiger partial charge in [-0.15, -0.1) is 0 Å². The van der Waals surface area contributed by atoms with Crippen LogP contribution in [-0.2, 0) is 0 Å². The number of hydrogen-bond donors (Lipinski definition) is 2. The number of amides is 1. The fraction of sp³-hybridized carbons (Fsp3) is 0.133. The van der Waals surface area contributed by atoms with Crippen molar-refractivity contribution in [1.82, 2.24) is 15.0 Å². The lowest BCUT2D eigenvalue weighted by Gasteiger charge is -2.13. The number of hydrogen-bond acceptors (Lipinski definition) is 7. The number of aromatic amines is 1. The summed E-state index contributed by atoms with van der Waals surface area (Å²) < 4.78 is 45.0. The van der Waals surface area contributed by atoms with Gasteiger partial charge in [-0.2, -0.15) is 0 Å². The van der Waals surface area contributed by atoms with E-state index in [1.54, 1.807) is 19.9 Å². The standard InChI is InChI=1S/C30H24F2N4O5/c1-15-11-17(31)5-7-19(15)26-16(2)34-14-20(28(26)37)29(38)35-18-6-8-23(21(32)12-18)41-24-9-10-33-22-13-25(39-3)30(40-4)36-27(22)24/h5-14H,1-4H3,(H,34,37)(H,35,38). The van der Waals surface area contributed by atoms with Crippen LogP contribution in [0.5, 0.6) is 23.1 Å². The van der Waals surface area contributed by atoms with Crippen molar-refractivity contribution in [2.24, 2.45) is 0 Å². The van der Waals surface area contributed by atoms with E-state index in [0.29, 0.717) is 33.6 Å². The van der Waals surface area contributed by atoms with E-state index < -0.39 is 23.0 Å². The molecule has 11 heteroatoms. The molecule has 0 bridgehead atoms. The second kappa shape index (κ2) is 11.0. The minimum Gasteiger partial charge on any atom is -0.491 e. The van der Waals surface area contributed by atoms with Gasteiger partial charge in [0.25, 0.3) is 11.8 Å². The molecule has 0 atom stereocenters. The normalized spacial score (nSPS) is 10.9. The van der Waals surface area contributed by atoms with Crippen LogP contribution in [0.4, 0.5) is 14.5 Å². The summed E-state index contributed by atoms with van der Waals surface area (Å²) in [5.41, 5.74) is 1.96. The van der Waals surface area contributed by atoms with Gasteiger partial charge in [0.1, 0.15) is 16.9 Å². The molecule has 0 aliphatic rings. The van der Waals surface area contributed by atoms with Crippen molar-refractivity contribution in [3.8, 4) is 34.3 Å². The first-order valence-electron chi connectivity index (χ1n) is 12.4. The largest absolute Gasteiger partial charge is 0.491 e. The number of nitrogens with one attached hydrogen (secondary N) is 2. The van der Waals surface area contributed by atoms with Crippen LogP contribution in [0.2, 0.25) is 0 Å². The number of fused-ring (bicyclic) bond motifs is 1. The monoisotopic (exact) mass is 558 g/mol. The molecule has 0 unspecified atom stereocenters. The molecule has 2 N–H and O–H groups in total. The number of aromatic nitrogens is 3. The SMILES string of the molecule is COc1cc2nccc(Oc3ccc(NC(=O)c4c[nH]c(C)c(-c5ccc(F)cc5C)c4=O)cc3F)c2nc1OC. The molecule has 1 amide bonds. The van der Waals surface area contributed by atoms with Crippen LogP contribution in [0.15, 0.2) is 65.7 Å². The fourth-order valence-electron chi connectivity index (χ4n) is 4.39. The number of carbonyl (C=O) groups excluding carboxylic acids is 1. The minimum atomic E-state index is -0.770. The van der Waals surface area contributed by atoms with Gasteiger partial charge in [-0.05, 0) is 49.2 Å². The summed E-state index contributed by atoms with van der Waals surface area (Å²) in [4.78, 5) is 37.8. The molecule has 2 aromatic carbocycles. The number of methoxy groups -OCH3 is 2. The first-order valence-corrected chi connectivity index (χ1v) is 12.4. The van der Waals surface area contributed by atoms with E-state index in [-0.39, 0.29) is 34.2 Å². The van der Waals surface area contributed by atoms with E-state index in [1.165, 1.54) is 63.0 Å². The summed E-state index contributed by atoms with van der Waals surface area (Å²) in [5, 5.41) is 2.54. The molecule has 0 saturated heterocycles. The van der Waals surface area contributed by atoms with E-state index in [0.717, 1.165) is 6.07 Å². The molecule has 5 aromatic rings. The van der Waals surface area contributed by atoms with Crippen LogP contribution < -0.4 is 25.0 Å². The van der Waals surface area contributed by atoms with Crippen molar-refractivity contribution in [1.29, 1.82) is 0 Å². The van der Waals surface area contributed by atoms with Crippen molar-refractivity contribution in [2.75, 3.05) is 19.5 Å². The highest BCUT2D eigenvalue weighted by Gasteiger charge is 2.19. The minimum absolute atomic E-state index is 0.100. The Kier molecular flexibility index (Phi) is 7.34. The van der Waals surface area contributed by atoms with Gasteiger partial charge >= 0.3 is 0 Å². The maximum Gasteiger partial charge on any atom is 0.261 e. The molecule has 41 heavy (non-hydrogen) atoms. The molecule has 0 fully saturated rings. The Bertz CT molecular complexity index is 1870. The highest BCUT2D eigenvalue weighted by Crippen LogP contribution is 2.35. The Hall–Kier alpha value is -5.32. The van der Waals surface area contributed by atoms with Crippen LogP contribution in [0.1, 0.15) is 21.6 Å². The number of H-pyrrole nitrogens is 1. The van der Waals surface area contributed by atoms with E-state index >= 15 is 4.39 Å². The van der Waals surface area contributed by atoms with Gasteiger partial charge in [0.15, 0.2) is 23.1 Å². The molecule has 0 aliphatic heterocycles. The number of ether oxygens (including phenoxy) is 3. The van der Waals surface area contributed by atoms with Crippen molar-refractivity contribution in [3.05, 3.63) is 99.6 Å². The second-order valence-electron chi connectivity index (χ2n) is 9.07. The van der Waals surface area contributed by atoms with Crippen LogP contribution in [0, 0.1) is 25.5 Å². The quantitative estimate of drug-likeness (QED) is 0.254. The third-order valence-electron chi connectivity index (χ3n) is 6.41. The molecule has 0 aliphatic carbocycles. The average molecular weight is 559 g/mol. The summed E-state index contributed by atoms with van der Waals surface area (Å²) in [5.74, 6) is -1.27. The molecular formula is C30H24F2N4O5. The zero-order chi connectivity index (χ0) is 29.3. The summed E-state index contributed by atoms with van der Waals surface area (Å²) in [6.45, 7) is 3.36. The molecule has 5 rings (SSSR count). The molecule has 3 aromatic heterocycles. The maximum atomic E-state index is 15.1. The molecule has 9 nitrogen and oxygen atoms in total. The van der Waals surface area contributed by atoms with Crippen LogP contribution >= 0.6 is 0 Å². The van der Waals surface area contributed by atoms with Gasteiger partial charge in [-0.25, -0.2) is 13.8 Å². The topological polar surface area (TPSA) is 115 Å². The highest BCUT2D eigenvalue weighted by atomic mass is 19.1.